The number of thiazole rings is 1. The molecule has 0 amide bonds. The molecular weight excluding hydrogens is 398 g/mol. The van der Waals surface area contributed by atoms with Crippen LogP contribution in [-0.2, 0) is 0 Å². The number of hydrogen-bond donors (Lipinski definition) is 2. The maximum Gasteiger partial charge on any atom is 0.227 e. The minimum absolute atomic E-state index is 0.480. The zero-order valence-corrected chi connectivity index (χ0v) is 17.7. The summed E-state index contributed by atoms with van der Waals surface area (Å²) in [5, 5.41) is 7.37. The first-order chi connectivity index (χ1) is 14.6. The van der Waals surface area contributed by atoms with Gasteiger partial charge in [0.15, 0.2) is 5.13 Å². The van der Waals surface area contributed by atoms with Gasteiger partial charge in [0, 0.05) is 35.8 Å². The molecular formula is C22H21N5O2S. The SMILES string of the molecule is COc1cc(Nc2nccc(-c3sc(Nc4ccccc4)nc3C)n2)cc(OC)c1. The average Bonchev–Trinajstić information content (AvgIpc) is 3.14. The molecule has 0 radical (unpaired) electrons. The molecule has 2 aromatic heterocycles. The van der Waals surface area contributed by atoms with Crippen LogP contribution < -0.4 is 20.1 Å². The molecule has 0 aliphatic carbocycles. The predicted molar refractivity (Wildman–Crippen MR) is 120 cm³/mol. The Morgan fingerprint density at radius 2 is 1.57 bits per heavy atom. The summed E-state index contributed by atoms with van der Waals surface area (Å²) in [4.78, 5) is 14.6. The van der Waals surface area contributed by atoms with Crippen molar-refractivity contribution in [2.45, 2.75) is 6.92 Å². The number of hydrogen-bond acceptors (Lipinski definition) is 8. The largest absolute Gasteiger partial charge is 0.497 e. The van der Waals surface area contributed by atoms with Crippen LogP contribution in [0, 0.1) is 6.92 Å². The maximum absolute atomic E-state index is 5.32. The molecule has 4 rings (SSSR count). The number of anilines is 4. The van der Waals surface area contributed by atoms with Gasteiger partial charge in [-0.1, -0.05) is 29.5 Å². The Labute approximate surface area is 178 Å². The van der Waals surface area contributed by atoms with Crippen molar-refractivity contribution in [3.05, 3.63) is 66.5 Å². The molecule has 4 aromatic rings. The molecule has 30 heavy (non-hydrogen) atoms. The van der Waals surface area contributed by atoms with E-state index in [9.17, 15) is 0 Å². The first-order valence-electron chi connectivity index (χ1n) is 9.27. The predicted octanol–water partition coefficient (Wildman–Crippen LogP) is 5.41. The first kappa shape index (κ1) is 19.7. The second-order valence-corrected chi connectivity index (χ2v) is 7.42. The topological polar surface area (TPSA) is 81.2 Å². The van der Waals surface area contributed by atoms with Crippen LogP contribution in [0.2, 0.25) is 0 Å². The summed E-state index contributed by atoms with van der Waals surface area (Å²) in [6.45, 7) is 1.98. The molecule has 0 fully saturated rings. The Hall–Kier alpha value is -3.65. The van der Waals surface area contributed by atoms with Gasteiger partial charge in [0.25, 0.3) is 0 Å². The molecule has 0 aliphatic rings. The van der Waals surface area contributed by atoms with Crippen molar-refractivity contribution < 1.29 is 9.47 Å². The number of aromatic nitrogens is 3. The van der Waals surface area contributed by atoms with Crippen LogP contribution in [0.4, 0.5) is 22.5 Å². The van der Waals surface area contributed by atoms with E-state index in [4.69, 9.17) is 9.47 Å². The number of aryl methyl sites for hydroxylation is 1. The average molecular weight is 420 g/mol. The Bertz CT molecular complexity index is 1130. The van der Waals surface area contributed by atoms with Crippen molar-refractivity contribution in [2.24, 2.45) is 0 Å². The van der Waals surface area contributed by atoms with Crippen molar-refractivity contribution in [3.63, 3.8) is 0 Å². The molecule has 0 saturated carbocycles. The zero-order chi connectivity index (χ0) is 20.9. The molecule has 0 spiro atoms. The fourth-order valence-electron chi connectivity index (χ4n) is 2.89. The van der Waals surface area contributed by atoms with Gasteiger partial charge in [0.1, 0.15) is 11.5 Å². The Balaban J connectivity index is 1.58. The lowest BCUT2D eigenvalue weighted by Crippen LogP contribution is -1.99. The van der Waals surface area contributed by atoms with Crippen LogP contribution >= 0.6 is 11.3 Å². The zero-order valence-electron chi connectivity index (χ0n) is 16.8. The molecule has 2 aromatic carbocycles. The van der Waals surface area contributed by atoms with Crippen molar-refractivity contribution in [2.75, 3.05) is 24.9 Å². The molecule has 7 nitrogen and oxygen atoms in total. The van der Waals surface area contributed by atoms with E-state index in [0.717, 1.165) is 32.8 Å². The van der Waals surface area contributed by atoms with Crippen molar-refractivity contribution in [1.29, 1.82) is 0 Å². The third-order valence-corrected chi connectivity index (χ3v) is 5.41. The molecule has 8 heteroatoms. The van der Waals surface area contributed by atoms with Crippen molar-refractivity contribution >= 4 is 33.8 Å². The molecule has 0 bridgehead atoms. The third-order valence-electron chi connectivity index (χ3n) is 4.32. The first-order valence-corrected chi connectivity index (χ1v) is 10.1. The van der Waals surface area contributed by atoms with E-state index in [2.05, 4.69) is 25.6 Å². The summed E-state index contributed by atoms with van der Waals surface area (Å²) in [6.07, 6.45) is 1.73. The third kappa shape index (κ3) is 4.49. The van der Waals surface area contributed by atoms with E-state index >= 15 is 0 Å². The lowest BCUT2D eigenvalue weighted by molar-refractivity contribution is 0.395. The van der Waals surface area contributed by atoms with Crippen LogP contribution in [-0.4, -0.2) is 29.2 Å². The summed E-state index contributed by atoms with van der Waals surface area (Å²) in [5.41, 5.74) is 3.48. The van der Waals surface area contributed by atoms with Gasteiger partial charge < -0.3 is 20.1 Å². The minimum Gasteiger partial charge on any atom is -0.497 e. The van der Waals surface area contributed by atoms with E-state index in [-0.39, 0.29) is 0 Å². The summed E-state index contributed by atoms with van der Waals surface area (Å²) in [7, 11) is 3.23. The lowest BCUT2D eigenvalue weighted by Gasteiger charge is -2.10. The van der Waals surface area contributed by atoms with Gasteiger partial charge in [-0.15, -0.1) is 0 Å². The van der Waals surface area contributed by atoms with Crippen LogP contribution in [0.3, 0.4) is 0 Å². The van der Waals surface area contributed by atoms with Gasteiger partial charge in [0.05, 0.1) is 30.5 Å². The normalized spacial score (nSPS) is 10.5. The summed E-state index contributed by atoms with van der Waals surface area (Å²) < 4.78 is 10.6. The van der Waals surface area contributed by atoms with Gasteiger partial charge in [-0.25, -0.2) is 15.0 Å². The highest BCUT2D eigenvalue weighted by Crippen LogP contribution is 2.34. The number of nitrogens with zero attached hydrogens (tertiary/aromatic N) is 3. The highest BCUT2D eigenvalue weighted by Gasteiger charge is 2.13. The summed E-state index contributed by atoms with van der Waals surface area (Å²) in [5.74, 6) is 1.85. The van der Waals surface area contributed by atoms with Crippen molar-refractivity contribution in [3.8, 4) is 22.1 Å². The van der Waals surface area contributed by atoms with E-state index in [0.29, 0.717) is 17.4 Å². The molecule has 0 aliphatic heterocycles. The number of rotatable bonds is 7. The summed E-state index contributed by atoms with van der Waals surface area (Å²) >= 11 is 1.55. The standard InChI is InChI=1S/C22H21N5O2S/c1-14-20(30-22(24-14)26-15-7-5-4-6-8-15)19-9-10-23-21(27-19)25-16-11-17(28-2)13-18(12-16)29-3/h4-13H,1-3H3,(H,24,26)(H,23,25,27). The second kappa shape index (κ2) is 8.79. The highest BCUT2D eigenvalue weighted by atomic mass is 32.1. The van der Waals surface area contributed by atoms with Crippen LogP contribution in [0.15, 0.2) is 60.8 Å². The van der Waals surface area contributed by atoms with Gasteiger partial charge in [0.2, 0.25) is 5.95 Å². The molecule has 0 unspecified atom stereocenters. The lowest BCUT2D eigenvalue weighted by atomic mass is 10.2. The molecule has 2 heterocycles. The van der Waals surface area contributed by atoms with Gasteiger partial charge >= 0.3 is 0 Å². The Morgan fingerprint density at radius 1 is 0.833 bits per heavy atom. The van der Waals surface area contributed by atoms with E-state index in [1.807, 2.05) is 61.5 Å². The number of benzene rings is 2. The fourth-order valence-corrected chi connectivity index (χ4v) is 3.84. The van der Waals surface area contributed by atoms with E-state index in [1.165, 1.54) is 0 Å². The molecule has 152 valence electrons. The monoisotopic (exact) mass is 419 g/mol. The van der Waals surface area contributed by atoms with Crippen LogP contribution in [0.1, 0.15) is 5.69 Å². The molecule has 0 saturated heterocycles. The Morgan fingerprint density at radius 3 is 2.27 bits per heavy atom. The molecule has 2 N–H and O–H groups in total. The number of para-hydroxylation sites is 1. The Kier molecular flexibility index (Phi) is 5.76. The van der Waals surface area contributed by atoms with Gasteiger partial charge in [-0.05, 0) is 25.1 Å². The van der Waals surface area contributed by atoms with E-state index in [1.54, 1.807) is 31.8 Å². The summed E-state index contributed by atoms with van der Waals surface area (Å²) in [6, 6.07) is 17.4. The number of nitrogens with one attached hydrogen (secondary N) is 2. The highest BCUT2D eigenvalue weighted by molar-refractivity contribution is 7.19. The number of methoxy groups -OCH3 is 2. The number of ether oxygens (including phenoxy) is 2. The minimum atomic E-state index is 0.480. The quantitative estimate of drug-likeness (QED) is 0.414. The van der Waals surface area contributed by atoms with Crippen LogP contribution in [0.5, 0.6) is 11.5 Å². The van der Waals surface area contributed by atoms with Crippen molar-refractivity contribution in [1.82, 2.24) is 15.0 Å². The molecule has 0 atom stereocenters. The van der Waals surface area contributed by atoms with Gasteiger partial charge in [-0.2, -0.15) is 0 Å². The second-order valence-electron chi connectivity index (χ2n) is 6.42. The van der Waals surface area contributed by atoms with Crippen LogP contribution in [0.25, 0.3) is 10.6 Å². The fraction of sp³-hybridized carbons (Fsp3) is 0.136. The van der Waals surface area contributed by atoms with E-state index < -0.39 is 0 Å². The maximum atomic E-state index is 5.32. The van der Waals surface area contributed by atoms with Gasteiger partial charge in [-0.3, -0.25) is 0 Å². The smallest absolute Gasteiger partial charge is 0.227 e.